The van der Waals surface area contributed by atoms with Crippen LogP contribution in [0.25, 0.3) is 0 Å². The van der Waals surface area contributed by atoms with Crippen molar-refractivity contribution in [2.75, 3.05) is 0 Å². The lowest BCUT2D eigenvalue weighted by molar-refractivity contribution is -0.148. The molecular weight excluding hydrogens is 354 g/mol. The van der Waals surface area contributed by atoms with Gasteiger partial charge < -0.3 is 15.2 Å². The molecule has 148 valence electrons. The summed E-state index contributed by atoms with van der Waals surface area (Å²) in [5.74, 6) is -1.25. The third-order valence-electron chi connectivity index (χ3n) is 5.34. The molecule has 3 rings (SSSR count). The van der Waals surface area contributed by atoms with Crippen molar-refractivity contribution in [3.63, 3.8) is 0 Å². The molecule has 2 unspecified atom stereocenters. The molecule has 0 spiro atoms. The second-order valence-electron chi connectivity index (χ2n) is 7.47. The van der Waals surface area contributed by atoms with Gasteiger partial charge in [-0.2, -0.15) is 0 Å². The van der Waals surface area contributed by atoms with E-state index in [4.69, 9.17) is 4.74 Å². The van der Waals surface area contributed by atoms with Crippen LogP contribution in [0, 0.1) is 18.8 Å². The summed E-state index contributed by atoms with van der Waals surface area (Å²) in [4.78, 5) is 23.8. The number of carbonyl (C=O) groups excluding carboxylic acids is 1. The molecule has 1 aliphatic rings. The third kappa shape index (κ3) is 5.35. The Morgan fingerprint density at radius 3 is 2.21 bits per heavy atom. The fraction of sp³-hybridized carbons (Fsp3) is 0.391. The molecule has 0 saturated heterocycles. The zero-order valence-corrected chi connectivity index (χ0v) is 16.2. The molecule has 2 atom stereocenters. The van der Waals surface area contributed by atoms with Crippen molar-refractivity contribution in [1.82, 2.24) is 5.32 Å². The number of amides is 1. The van der Waals surface area contributed by atoms with Gasteiger partial charge in [0.2, 0.25) is 5.91 Å². The summed E-state index contributed by atoms with van der Waals surface area (Å²) in [6.07, 6.45) is 3.02. The van der Waals surface area contributed by atoms with Crippen LogP contribution in [0.4, 0.5) is 0 Å². The van der Waals surface area contributed by atoms with Gasteiger partial charge in [0, 0.05) is 6.54 Å². The van der Waals surface area contributed by atoms with E-state index < -0.39 is 17.8 Å². The van der Waals surface area contributed by atoms with E-state index in [1.807, 2.05) is 24.3 Å². The van der Waals surface area contributed by atoms with Crippen molar-refractivity contribution in [3.05, 3.63) is 65.2 Å². The first-order valence-electron chi connectivity index (χ1n) is 9.81. The molecule has 2 aromatic carbocycles. The van der Waals surface area contributed by atoms with E-state index in [-0.39, 0.29) is 5.91 Å². The van der Waals surface area contributed by atoms with Crippen LogP contribution in [-0.4, -0.2) is 17.0 Å². The number of carboxylic acid groups (broad SMARTS) is 1. The lowest BCUT2D eigenvalue weighted by Crippen LogP contribution is -2.39. The summed E-state index contributed by atoms with van der Waals surface area (Å²) in [5, 5.41) is 12.2. The van der Waals surface area contributed by atoms with Crippen LogP contribution in [0.2, 0.25) is 0 Å². The normalized spacial score (nSPS) is 19.0. The van der Waals surface area contributed by atoms with Gasteiger partial charge in [-0.15, -0.1) is 0 Å². The Morgan fingerprint density at radius 1 is 0.964 bits per heavy atom. The van der Waals surface area contributed by atoms with Gasteiger partial charge in [-0.1, -0.05) is 54.8 Å². The smallest absolute Gasteiger partial charge is 0.307 e. The van der Waals surface area contributed by atoms with Crippen molar-refractivity contribution in [3.8, 4) is 5.75 Å². The number of rotatable bonds is 7. The Balaban J connectivity index is 1.49. The first-order valence-corrected chi connectivity index (χ1v) is 9.81. The van der Waals surface area contributed by atoms with E-state index in [1.54, 1.807) is 0 Å². The molecule has 0 bridgehead atoms. The molecule has 5 heteroatoms. The Kier molecular flexibility index (Phi) is 6.69. The first-order chi connectivity index (χ1) is 13.5. The predicted octanol–water partition coefficient (Wildman–Crippen LogP) is 4.08. The number of hydrogen-bond donors (Lipinski definition) is 2. The van der Waals surface area contributed by atoms with Crippen molar-refractivity contribution in [1.29, 1.82) is 0 Å². The molecule has 2 aromatic rings. The minimum atomic E-state index is -0.866. The van der Waals surface area contributed by atoms with Gasteiger partial charge in [-0.25, -0.2) is 0 Å². The molecule has 1 aliphatic carbocycles. The summed E-state index contributed by atoms with van der Waals surface area (Å²) in [7, 11) is 0. The van der Waals surface area contributed by atoms with Gasteiger partial charge in [0.25, 0.3) is 0 Å². The molecule has 0 aromatic heterocycles. The summed E-state index contributed by atoms with van der Waals surface area (Å²) in [6, 6.07) is 15.8. The Hall–Kier alpha value is -2.82. The fourth-order valence-electron chi connectivity index (χ4n) is 3.62. The highest BCUT2D eigenvalue weighted by atomic mass is 16.5. The Labute approximate surface area is 165 Å². The summed E-state index contributed by atoms with van der Waals surface area (Å²) in [6.45, 7) is 2.95. The van der Waals surface area contributed by atoms with Crippen molar-refractivity contribution < 1.29 is 19.4 Å². The van der Waals surface area contributed by atoms with Crippen LogP contribution in [0.15, 0.2) is 48.5 Å². The molecule has 1 amide bonds. The molecule has 1 fully saturated rings. The van der Waals surface area contributed by atoms with Crippen molar-refractivity contribution >= 4 is 11.9 Å². The summed E-state index contributed by atoms with van der Waals surface area (Å²) >= 11 is 0. The van der Waals surface area contributed by atoms with E-state index in [9.17, 15) is 14.7 Å². The number of aliphatic carboxylic acids is 1. The minimum absolute atomic E-state index is 0.160. The number of ether oxygens (including phenoxy) is 1. The van der Waals surface area contributed by atoms with Gasteiger partial charge in [0.15, 0.2) is 0 Å². The van der Waals surface area contributed by atoms with E-state index in [1.165, 1.54) is 5.56 Å². The number of nitrogens with one attached hydrogen (secondary N) is 1. The highest BCUT2D eigenvalue weighted by Crippen LogP contribution is 2.30. The van der Waals surface area contributed by atoms with Crippen LogP contribution in [0.5, 0.6) is 5.75 Å². The zero-order chi connectivity index (χ0) is 19.9. The van der Waals surface area contributed by atoms with Crippen molar-refractivity contribution in [2.24, 2.45) is 11.8 Å². The maximum Gasteiger partial charge on any atom is 0.307 e. The van der Waals surface area contributed by atoms with E-state index in [2.05, 4.69) is 36.5 Å². The van der Waals surface area contributed by atoms with Crippen LogP contribution < -0.4 is 10.1 Å². The van der Waals surface area contributed by atoms with Crippen LogP contribution in [0.1, 0.15) is 42.4 Å². The highest BCUT2D eigenvalue weighted by molar-refractivity contribution is 5.84. The molecule has 0 radical (unpaired) electrons. The van der Waals surface area contributed by atoms with E-state index in [0.29, 0.717) is 26.0 Å². The monoisotopic (exact) mass is 381 g/mol. The quantitative estimate of drug-likeness (QED) is 0.758. The van der Waals surface area contributed by atoms with Gasteiger partial charge in [-0.3, -0.25) is 9.59 Å². The number of carboxylic acids is 1. The maximum absolute atomic E-state index is 12.4. The second-order valence-corrected chi connectivity index (χ2v) is 7.47. The third-order valence-corrected chi connectivity index (χ3v) is 5.34. The van der Waals surface area contributed by atoms with Crippen LogP contribution in [-0.2, 0) is 22.7 Å². The average Bonchev–Trinajstić information content (AvgIpc) is 2.72. The number of hydrogen-bond acceptors (Lipinski definition) is 3. The fourth-order valence-corrected chi connectivity index (χ4v) is 3.62. The topological polar surface area (TPSA) is 75.6 Å². The highest BCUT2D eigenvalue weighted by Gasteiger charge is 2.35. The largest absolute Gasteiger partial charge is 0.489 e. The summed E-state index contributed by atoms with van der Waals surface area (Å²) in [5.41, 5.74) is 3.29. The zero-order valence-electron chi connectivity index (χ0n) is 16.2. The Morgan fingerprint density at radius 2 is 1.57 bits per heavy atom. The SMILES string of the molecule is Cc1ccc(COc2ccc(CNC(=O)C3CCCCC3C(=O)O)cc2)cc1. The van der Waals surface area contributed by atoms with Gasteiger partial charge in [-0.05, 0) is 43.0 Å². The maximum atomic E-state index is 12.4. The number of benzene rings is 2. The predicted molar refractivity (Wildman–Crippen MR) is 107 cm³/mol. The molecule has 5 nitrogen and oxygen atoms in total. The molecule has 0 heterocycles. The number of aryl methyl sites for hydroxylation is 1. The lowest BCUT2D eigenvalue weighted by Gasteiger charge is -2.27. The Bertz CT molecular complexity index is 798. The first kappa shape index (κ1) is 19.9. The number of carbonyl (C=O) groups is 2. The molecule has 1 saturated carbocycles. The standard InChI is InChI=1S/C23H27NO4/c1-16-6-8-18(9-7-16)15-28-19-12-10-17(11-13-19)14-24-22(25)20-4-2-3-5-21(20)23(26)27/h6-13,20-21H,2-5,14-15H2,1H3,(H,24,25)(H,26,27). The second kappa shape index (κ2) is 9.40. The molecule has 0 aliphatic heterocycles. The summed E-state index contributed by atoms with van der Waals surface area (Å²) < 4.78 is 5.80. The van der Waals surface area contributed by atoms with Crippen LogP contribution in [0.3, 0.4) is 0 Å². The lowest BCUT2D eigenvalue weighted by atomic mass is 9.78. The molecule has 2 N–H and O–H groups in total. The average molecular weight is 381 g/mol. The van der Waals surface area contributed by atoms with Crippen LogP contribution >= 0.6 is 0 Å². The van der Waals surface area contributed by atoms with Crippen molar-refractivity contribution in [2.45, 2.75) is 45.8 Å². The molecular formula is C23H27NO4. The van der Waals surface area contributed by atoms with E-state index in [0.717, 1.165) is 29.7 Å². The van der Waals surface area contributed by atoms with E-state index >= 15 is 0 Å². The van der Waals surface area contributed by atoms with Gasteiger partial charge >= 0.3 is 5.97 Å². The minimum Gasteiger partial charge on any atom is -0.489 e. The molecule has 28 heavy (non-hydrogen) atoms. The van der Waals surface area contributed by atoms with Gasteiger partial charge in [0.1, 0.15) is 12.4 Å². The van der Waals surface area contributed by atoms with Gasteiger partial charge in [0.05, 0.1) is 11.8 Å².